The molecule has 1 amide bonds. The number of hydrogen-bond donors (Lipinski definition) is 2. The Morgan fingerprint density at radius 1 is 0.929 bits per heavy atom. The van der Waals surface area contributed by atoms with Gasteiger partial charge in [0, 0.05) is 11.3 Å². The van der Waals surface area contributed by atoms with E-state index in [-0.39, 0.29) is 18.1 Å². The summed E-state index contributed by atoms with van der Waals surface area (Å²) in [5.74, 6) is -0.556. The molecule has 0 atom stereocenters. The van der Waals surface area contributed by atoms with Gasteiger partial charge in [0.1, 0.15) is 12.4 Å². The number of carbonyl (C=O) groups is 2. The molecule has 0 radical (unpaired) electrons. The average Bonchev–Trinajstić information content (AvgIpc) is 2.69. The fourth-order valence-corrected chi connectivity index (χ4v) is 2.73. The van der Waals surface area contributed by atoms with Crippen molar-refractivity contribution in [2.24, 2.45) is 0 Å². The highest BCUT2D eigenvalue weighted by molar-refractivity contribution is 6.04. The summed E-state index contributed by atoms with van der Waals surface area (Å²) in [5.41, 5.74) is 4.39. The molecule has 5 nitrogen and oxygen atoms in total. The van der Waals surface area contributed by atoms with Crippen LogP contribution in [-0.2, 0) is 6.61 Å². The number of nitrogens with one attached hydrogen (secondary N) is 1. The number of benzene rings is 3. The van der Waals surface area contributed by atoms with Crippen LogP contribution in [0.5, 0.6) is 5.75 Å². The Labute approximate surface area is 163 Å². The molecular weight excluding hydrogens is 354 g/mol. The Morgan fingerprint density at radius 2 is 1.68 bits per heavy atom. The molecule has 0 saturated heterocycles. The molecule has 0 aliphatic heterocycles. The second kappa shape index (κ2) is 8.39. The van der Waals surface area contributed by atoms with E-state index in [0.29, 0.717) is 11.3 Å². The first-order chi connectivity index (χ1) is 13.4. The Hall–Kier alpha value is -3.60. The van der Waals surface area contributed by atoms with Gasteiger partial charge in [-0.05, 0) is 73.0 Å². The number of aromatic carboxylic acids is 1. The fraction of sp³-hybridized carbons (Fsp3) is 0.130. The van der Waals surface area contributed by atoms with Gasteiger partial charge in [0.05, 0.1) is 5.56 Å². The lowest BCUT2D eigenvalue weighted by atomic mass is 10.1. The van der Waals surface area contributed by atoms with Crippen molar-refractivity contribution >= 4 is 17.6 Å². The number of carboxylic acids is 1. The molecule has 3 aromatic rings. The maximum atomic E-state index is 12.5. The van der Waals surface area contributed by atoms with E-state index in [0.717, 1.165) is 22.4 Å². The van der Waals surface area contributed by atoms with E-state index in [9.17, 15) is 9.59 Å². The van der Waals surface area contributed by atoms with Gasteiger partial charge in [0.2, 0.25) is 0 Å². The predicted molar refractivity (Wildman–Crippen MR) is 108 cm³/mol. The molecular formula is C23H21NO4. The van der Waals surface area contributed by atoms with E-state index in [1.165, 1.54) is 6.07 Å². The van der Waals surface area contributed by atoms with Crippen molar-refractivity contribution in [2.75, 3.05) is 5.32 Å². The maximum absolute atomic E-state index is 12.5. The van der Waals surface area contributed by atoms with E-state index in [2.05, 4.69) is 5.32 Å². The second-order valence-corrected chi connectivity index (χ2v) is 6.59. The third-order valence-corrected chi connectivity index (χ3v) is 4.34. The van der Waals surface area contributed by atoms with Crippen LogP contribution < -0.4 is 10.1 Å². The summed E-state index contributed by atoms with van der Waals surface area (Å²) in [5, 5.41) is 12.0. The first kappa shape index (κ1) is 19.2. The topological polar surface area (TPSA) is 75.6 Å². The lowest BCUT2D eigenvalue weighted by Gasteiger charge is -2.10. The summed E-state index contributed by atoms with van der Waals surface area (Å²) in [6, 6.07) is 19.4. The van der Waals surface area contributed by atoms with Crippen molar-refractivity contribution in [3.63, 3.8) is 0 Å². The zero-order valence-electron chi connectivity index (χ0n) is 15.7. The number of rotatable bonds is 6. The highest BCUT2D eigenvalue weighted by atomic mass is 16.5. The smallest absolute Gasteiger partial charge is 0.335 e. The second-order valence-electron chi connectivity index (χ2n) is 6.59. The minimum Gasteiger partial charge on any atom is -0.489 e. The van der Waals surface area contributed by atoms with Crippen LogP contribution in [0.15, 0.2) is 66.7 Å². The maximum Gasteiger partial charge on any atom is 0.335 e. The van der Waals surface area contributed by atoms with Crippen molar-refractivity contribution in [1.82, 2.24) is 0 Å². The SMILES string of the molecule is Cc1ccc(C)c(NC(=O)c2ccc(OCc3cccc(C(=O)O)c3)cc2)c1. The molecule has 0 fully saturated rings. The normalized spacial score (nSPS) is 10.4. The highest BCUT2D eigenvalue weighted by Crippen LogP contribution is 2.19. The zero-order valence-corrected chi connectivity index (χ0v) is 15.7. The number of carbonyl (C=O) groups excluding carboxylic acids is 1. The Morgan fingerprint density at radius 3 is 2.39 bits per heavy atom. The largest absolute Gasteiger partial charge is 0.489 e. The molecule has 3 aromatic carbocycles. The molecule has 0 bridgehead atoms. The number of carboxylic acid groups (broad SMARTS) is 1. The van der Waals surface area contributed by atoms with Crippen LogP contribution in [0.3, 0.4) is 0 Å². The first-order valence-electron chi connectivity index (χ1n) is 8.86. The molecule has 0 saturated carbocycles. The van der Waals surface area contributed by atoms with Gasteiger partial charge in [-0.3, -0.25) is 4.79 Å². The van der Waals surface area contributed by atoms with Gasteiger partial charge in [0.25, 0.3) is 5.91 Å². The van der Waals surface area contributed by atoms with E-state index in [1.807, 2.05) is 32.0 Å². The number of anilines is 1. The van der Waals surface area contributed by atoms with Crippen LogP contribution in [0, 0.1) is 13.8 Å². The summed E-state index contributed by atoms with van der Waals surface area (Å²) < 4.78 is 5.69. The molecule has 2 N–H and O–H groups in total. The van der Waals surface area contributed by atoms with Gasteiger partial charge >= 0.3 is 5.97 Å². The Bertz CT molecular complexity index is 1010. The van der Waals surface area contributed by atoms with Crippen molar-refractivity contribution in [3.8, 4) is 5.75 Å². The van der Waals surface area contributed by atoms with Gasteiger partial charge in [-0.15, -0.1) is 0 Å². The number of hydrogen-bond acceptors (Lipinski definition) is 3. The third kappa shape index (κ3) is 4.76. The van der Waals surface area contributed by atoms with Crippen molar-refractivity contribution in [1.29, 1.82) is 0 Å². The zero-order chi connectivity index (χ0) is 20.1. The van der Waals surface area contributed by atoms with E-state index in [1.54, 1.807) is 42.5 Å². The molecule has 0 aromatic heterocycles. The van der Waals surface area contributed by atoms with Gasteiger partial charge in [-0.2, -0.15) is 0 Å². The number of aryl methyl sites for hydroxylation is 2. The van der Waals surface area contributed by atoms with Crippen LogP contribution in [-0.4, -0.2) is 17.0 Å². The van der Waals surface area contributed by atoms with Crippen LogP contribution in [0.4, 0.5) is 5.69 Å². The highest BCUT2D eigenvalue weighted by Gasteiger charge is 2.09. The molecule has 0 aliphatic carbocycles. The monoisotopic (exact) mass is 375 g/mol. The Balaban J connectivity index is 1.63. The van der Waals surface area contributed by atoms with Crippen molar-refractivity contribution in [2.45, 2.75) is 20.5 Å². The van der Waals surface area contributed by atoms with Crippen LogP contribution >= 0.6 is 0 Å². The molecule has 0 aliphatic rings. The number of amides is 1. The number of ether oxygens (including phenoxy) is 1. The van der Waals surface area contributed by atoms with Crippen LogP contribution in [0.25, 0.3) is 0 Å². The summed E-state index contributed by atoms with van der Waals surface area (Å²) >= 11 is 0. The third-order valence-electron chi connectivity index (χ3n) is 4.34. The lowest BCUT2D eigenvalue weighted by Crippen LogP contribution is -2.12. The van der Waals surface area contributed by atoms with Crippen molar-refractivity contribution < 1.29 is 19.4 Å². The average molecular weight is 375 g/mol. The predicted octanol–water partition coefficient (Wildman–Crippen LogP) is 4.83. The molecule has 0 heterocycles. The standard InChI is InChI=1S/C23H21NO4/c1-15-6-7-16(2)21(12-15)24-22(25)18-8-10-20(11-9-18)28-14-17-4-3-5-19(13-17)23(26)27/h3-13H,14H2,1-2H3,(H,24,25)(H,26,27). The fourth-order valence-electron chi connectivity index (χ4n) is 2.73. The van der Waals surface area contributed by atoms with E-state index < -0.39 is 5.97 Å². The summed E-state index contributed by atoms with van der Waals surface area (Å²) in [6.45, 7) is 4.17. The molecule has 0 spiro atoms. The van der Waals surface area contributed by atoms with E-state index in [4.69, 9.17) is 9.84 Å². The molecule has 142 valence electrons. The molecule has 0 unspecified atom stereocenters. The lowest BCUT2D eigenvalue weighted by molar-refractivity contribution is 0.0696. The first-order valence-corrected chi connectivity index (χ1v) is 8.86. The van der Waals surface area contributed by atoms with Gasteiger partial charge < -0.3 is 15.2 Å². The summed E-state index contributed by atoms with van der Waals surface area (Å²) in [7, 11) is 0. The van der Waals surface area contributed by atoms with Crippen molar-refractivity contribution in [3.05, 3.63) is 94.5 Å². The molecule has 28 heavy (non-hydrogen) atoms. The van der Waals surface area contributed by atoms with Crippen LogP contribution in [0.2, 0.25) is 0 Å². The van der Waals surface area contributed by atoms with Gasteiger partial charge in [-0.1, -0.05) is 24.3 Å². The quantitative estimate of drug-likeness (QED) is 0.647. The van der Waals surface area contributed by atoms with Gasteiger partial charge in [-0.25, -0.2) is 4.79 Å². The molecule has 5 heteroatoms. The van der Waals surface area contributed by atoms with Crippen LogP contribution in [0.1, 0.15) is 37.4 Å². The Kier molecular flexibility index (Phi) is 5.75. The molecule has 3 rings (SSSR count). The minimum atomic E-state index is -0.971. The summed E-state index contributed by atoms with van der Waals surface area (Å²) in [4.78, 5) is 23.5. The van der Waals surface area contributed by atoms with E-state index >= 15 is 0 Å². The van der Waals surface area contributed by atoms with Gasteiger partial charge in [0.15, 0.2) is 0 Å². The minimum absolute atomic E-state index is 0.186. The summed E-state index contributed by atoms with van der Waals surface area (Å²) in [6.07, 6.45) is 0.